The van der Waals surface area contributed by atoms with Crippen molar-refractivity contribution in [1.29, 1.82) is 0 Å². The number of aliphatic hydroxyl groups is 2. The van der Waals surface area contributed by atoms with Crippen LogP contribution in [0.25, 0.3) is 0 Å². The molecule has 0 fully saturated rings. The first-order chi connectivity index (χ1) is 7.13. The van der Waals surface area contributed by atoms with Gasteiger partial charge in [0.15, 0.2) is 6.29 Å². The second-order valence-electron chi connectivity index (χ2n) is 3.41. The summed E-state index contributed by atoms with van der Waals surface area (Å²) in [6.45, 7) is 2.26. The maximum Gasteiger partial charge on any atom is 0.182 e. The summed E-state index contributed by atoms with van der Waals surface area (Å²) in [5.74, 6) is -0.0466. The number of aryl methyl sites for hydroxylation is 1. The Hall–Kier alpha value is -0.610. The molecule has 1 unspecified atom stereocenters. The van der Waals surface area contributed by atoms with Gasteiger partial charge in [0.2, 0.25) is 0 Å². The van der Waals surface area contributed by atoms with E-state index < -0.39 is 12.4 Å². The largest absolute Gasteiger partial charge is 0.387 e. The van der Waals surface area contributed by atoms with Gasteiger partial charge < -0.3 is 14.9 Å². The Morgan fingerprint density at radius 3 is 2.40 bits per heavy atom. The van der Waals surface area contributed by atoms with Crippen LogP contribution < -0.4 is 0 Å². The summed E-state index contributed by atoms with van der Waals surface area (Å²) in [7, 11) is 0. The molecule has 0 aliphatic carbocycles. The van der Waals surface area contributed by atoms with Crippen molar-refractivity contribution in [2.75, 3.05) is 5.88 Å². The molecule has 1 rings (SSSR count). The number of alkyl halides is 1. The van der Waals surface area contributed by atoms with Crippen LogP contribution in [0.5, 0.6) is 0 Å². The zero-order valence-corrected chi connectivity index (χ0v) is 9.31. The molecule has 3 nitrogen and oxygen atoms in total. The van der Waals surface area contributed by atoms with Gasteiger partial charge in [-0.3, -0.25) is 0 Å². The minimum absolute atomic E-state index is 0.0466. The van der Waals surface area contributed by atoms with Crippen LogP contribution in [0, 0.1) is 6.92 Å². The molecule has 2 N–H and O–H groups in total. The normalized spacial score (nSPS) is 14.9. The van der Waals surface area contributed by atoms with Gasteiger partial charge >= 0.3 is 0 Å². The third-order valence-electron chi connectivity index (χ3n) is 2.03. The molecule has 4 heteroatoms. The Morgan fingerprint density at radius 2 is 1.87 bits per heavy atom. The van der Waals surface area contributed by atoms with Crippen molar-refractivity contribution in [2.24, 2.45) is 0 Å². The van der Waals surface area contributed by atoms with Crippen LogP contribution in [0.15, 0.2) is 24.3 Å². The zero-order valence-electron chi connectivity index (χ0n) is 8.56. The molecule has 0 radical (unpaired) electrons. The summed E-state index contributed by atoms with van der Waals surface area (Å²) in [6.07, 6.45) is -2.28. The van der Waals surface area contributed by atoms with E-state index in [4.69, 9.17) is 21.4 Å². The van der Waals surface area contributed by atoms with E-state index in [1.165, 1.54) is 5.56 Å². The second-order valence-corrected chi connectivity index (χ2v) is 3.72. The fourth-order valence-electron chi connectivity index (χ4n) is 1.05. The van der Waals surface area contributed by atoms with Gasteiger partial charge in [-0.05, 0) is 12.5 Å². The first-order valence-corrected chi connectivity index (χ1v) is 5.26. The van der Waals surface area contributed by atoms with Gasteiger partial charge in [-0.1, -0.05) is 29.8 Å². The smallest absolute Gasteiger partial charge is 0.182 e. The molecule has 1 aromatic carbocycles. The Kier molecular flexibility index (Phi) is 5.05. The van der Waals surface area contributed by atoms with E-state index in [-0.39, 0.29) is 12.5 Å². The lowest BCUT2D eigenvalue weighted by Gasteiger charge is -2.15. The summed E-state index contributed by atoms with van der Waals surface area (Å²) in [4.78, 5) is 0. The van der Waals surface area contributed by atoms with Gasteiger partial charge in [-0.15, -0.1) is 11.6 Å². The molecule has 0 aromatic heterocycles. The highest BCUT2D eigenvalue weighted by atomic mass is 35.5. The van der Waals surface area contributed by atoms with E-state index in [2.05, 4.69) is 0 Å². The first-order valence-electron chi connectivity index (χ1n) is 4.72. The maximum absolute atomic E-state index is 9.28. The van der Waals surface area contributed by atoms with Crippen molar-refractivity contribution in [2.45, 2.75) is 25.9 Å². The van der Waals surface area contributed by atoms with Crippen molar-refractivity contribution < 1.29 is 14.9 Å². The minimum atomic E-state index is -1.23. The fourth-order valence-corrected chi connectivity index (χ4v) is 1.21. The van der Waals surface area contributed by atoms with Crippen LogP contribution in [0.2, 0.25) is 0 Å². The zero-order chi connectivity index (χ0) is 11.3. The lowest BCUT2D eigenvalue weighted by atomic mass is 10.2. The highest BCUT2D eigenvalue weighted by molar-refractivity contribution is 6.18. The number of hydrogen-bond donors (Lipinski definition) is 2. The van der Waals surface area contributed by atoms with Crippen molar-refractivity contribution in [1.82, 2.24) is 0 Å². The molecule has 0 saturated heterocycles. The molecule has 0 amide bonds. The SMILES string of the molecule is Cc1ccc(CO[C@@H](O)C(O)CCl)cc1. The number of aliphatic hydroxyl groups excluding tert-OH is 2. The number of benzene rings is 1. The lowest BCUT2D eigenvalue weighted by molar-refractivity contribution is -0.161. The maximum atomic E-state index is 9.28. The third kappa shape index (κ3) is 4.18. The van der Waals surface area contributed by atoms with Crippen molar-refractivity contribution in [3.8, 4) is 0 Å². The second kappa shape index (κ2) is 6.08. The van der Waals surface area contributed by atoms with Crippen LogP contribution in [-0.4, -0.2) is 28.5 Å². The average Bonchev–Trinajstić information content (AvgIpc) is 2.26. The summed E-state index contributed by atoms with van der Waals surface area (Å²) >= 11 is 5.36. The Labute approximate surface area is 94.3 Å². The van der Waals surface area contributed by atoms with Crippen molar-refractivity contribution in [3.63, 3.8) is 0 Å². The van der Waals surface area contributed by atoms with Gasteiger partial charge in [0.25, 0.3) is 0 Å². The third-order valence-corrected chi connectivity index (χ3v) is 2.34. The average molecular weight is 231 g/mol. The predicted octanol–water partition coefficient (Wildman–Crippen LogP) is 1.43. The number of rotatable bonds is 5. The van der Waals surface area contributed by atoms with Gasteiger partial charge in [0.05, 0.1) is 12.5 Å². The summed E-state index contributed by atoms with van der Waals surface area (Å²) in [5, 5.41) is 18.4. The van der Waals surface area contributed by atoms with Crippen LogP contribution >= 0.6 is 11.6 Å². The number of ether oxygens (including phenoxy) is 1. The van der Waals surface area contributed by atoms with Crippen molar-refractivity contribution >= 4 is 11.6 Å². The Bertz CT molecular complexity index is 286. The number of hydrogen-bond acceptors (Lipinski definition) is 3. The van der Waals surface area contributed by atoms with Crippen LogP contribution in [0.3, 0.4) is 0 Å². The first kappa shape index (κ1) is 12.5. The molecule has 0 aliphatic heterocycles. The molecule has 0 bridgehead atoms. The monoisotopic (exact) mass is 230 g/mol. The van der Waals surface area contributed by atoms with E-state index >= 15 is 0 Å². The Morgan fingerprint density at radius 1 is 1.27 bits per heavy atom. The van der Waals surface area contributed by atoms with E-state index in [0.717, 1.165) is 5.56 Å². The van der Waals surface area contributed by atoms with Gasteiger partial charge in [0, 0.05) is 0 Å². The molecule has 84 valence electrons. The van der Waals surface area contributed by atoms with E-state index in [0.29, 0.717) is 0 Å². The lowest BCUT2D eigenvalue weighted by Crippen LogP contribution is -2.29. The van der Waals surface area contributed by atoms with E-state index in [1.807, 2.05) is 31.2 Å². The molecule has 0 spiro atoms. The van der Waals surface area contributed by atoms with Crippen molar-refractivity contribution in [3.05, 3.63) is 35.4 Å². The topological polar surface area (TPSA) is 49.7 Å². The highest BCUT2D eigenvalue weighted by Gasteiger charge is 2.15. The van der Waals surface area contributed by atoms with Crippen LogP contribution in [0.1, 0.15) is 11.1 Å². The Balaban J connectivity index is 2.40. The molecule has 0 saturated carbocycles. The highest BCUT2D eigenvalue weighted by Crippen LogP contribution is 2.07. The van der Waals surface area contributed by atoms with Gasteiger partial charge in [-0.2, -0.15) is 0 Å². The molecule has 0 aliphatic rings. The van der Waals surface area contributed by atoms with E-state index in [1.54, 1.807) is 0 Å². The molecular weight excluding hydrogens is 216 g/mol. The molecule has 2 atom stereocenters. The molecule has 1 aromatic rings. The molecule has 0 heterocycles. The number of halogens is 1. The van der Waals surface area contributed by atoms with Gasteiger partial charge in [0.1, 0.15) is 6.10 Å². The van der Waals surface area contributed by atoms with Gasteiger partial charge in [-0.25, -0.2) is 0 Å². The fraction of sp³-hybridized carbons (Fsp3) is 0.455. The predicted molar refractivity (Wildman–Crippen MR) is 58.7 cm³/mol. The summed E-state index contributed by atoms with van der Waals surface area (Å²) in [5.41, 5.74) is 2.11. The molecule has 15 heavy (non-hydrogen) atoms. The minimum Gasteiger partial charge on any atom is -0.387 e. The summed E-state index contributed by atoms with van der Waals surface area (Å²) < 4.78 is 5.04. The van der Waals surface area contributed by atoms with Crippen LogP contribution in [0.4, 0.5) is 0 Å². The molecular formula is C11H15ClO3. The summed E-state index contributed by atoms with van der Waals surface area (Å²) in [6, 6.07) is 7.75. The van der Waals surface area contributed by atoms with Crippen LogP contribution in [-0.2, 0) is 11.3 Å². The van der Waals surface area contributed by atoms with E-state index in [9.17, 15) is 5.11 Å². The standard InChI is InChI=1S/C11H15ClO3/c1-8-2-4-9(5-3-8)7-15-11(14)10(13)6-12/h2-5,10-11,13-14H,6-7H2,1H3/t10?,11-/m1/s1. The quantitative estimate of drug-likeness (QED) is 0.594.